The molecule has 0 bridgehead atoms. The average molecular weight is 246 g/mol. The van der Waals surface area contributed by atoms with E-state index in [1.54, 1.807) is 0 Å². The molecule has 6 heteroatoms. The molecule has 0 saturated heterocycles. The highest BCUT2D eigenvalue weighted by Crippen LogP contribution is 2.38. The molecule has 1 aromatic rings. The lowest BCUT2D eigenvalue weighted by Crippen LogP contribution is -2.05. The fraction of sp³-hybridized carbons (Fsp3) is 0.167. The standard InChI is InChI=1S/C6H4Cl4N2/c7-3-1-4(6(8,9)10)12-5(11)2-3/h1-2H,(H2,11,12). The van der Waals surface area contributed by atoms with Crippen molar-refractivity contribution in [2.75, 3.05) is 5.73 Å². The van der Waals surface area contributed by atoms with Crippen molar-refractivity contribution in [3.8, 4) is 0 Å². The maximum atomic E-state index is 5.66. The van der Waals surface area contributed by atoms with E-state index in [0.29, 0.717) is 5.02 Å². The van der Waals surface area contributed by atoms with Crippen molar-refractivity contribution in [2.45, 2.75) is 3.79 Å². The first-order chi connectivity index (χ1) is 5.39. The fourth-order valence-corrected chi connectivity index (χ4v) is 1.17. The van der Waals surface area contributed by atoms with Gasteiger partial charge in [-0.2, -0.15) is 0 Å². The second-order valence-corrected chi connectivity index (χ2v) is 4.81. The zero-order valence-corrected chi connectivity index (χ0v) is 8.71. The second-order valence-electron chi connectivity index (χ2n) is 2.09. The van der Waals surface area contributed by atoms with E-state index in [4.69, 9.17) is 52.1 Å². The van der Waals surface area contributed by atoms with Gasteiger partial charge in [-0.1, -0.05) is 46.4 Å². The van der Waals surface area contributed by atoms with Crippen LogP contribution in [-0.2, 0) is 3.79 Å². The van der Waals surface area contributed by atoms with Crippen molar-refractivity contribution < 1.29 is 0 Å². The Hall–Kier alpha value is 0.110. The van der Waals surface area contributed by atoms with Crippen LogP contribution in [0.4, 0.5) is 5.82 Å². The molecule has 0 atom stereocenters. The number of hydrogen-bond acceptors (Lipinski definition) is 2. The fourth-order valence-electron chi connectivity index (χ4n) is 0.662. The van der Waals surface area contributed by atoms with Crippen LogP contribution < -0.4 is 5.73 Å². The summed E-state index contributed by atoms with van der Waals surface area (Å²) in [5, 5.41) is 0.392. The van der Waals surface area contributed by atoms with Gasteiger partial charge in [0.25, 0.3) is 0 Å². The number of pyridine rings is 1. The van der Waals surface area contributed by atoms with Gasteiger partial charge in [0, 0.05) is 5.02 Å². The normalized spacial score (nSPS) is 11.7. The van der Waals surface area contributed by atoms with Gasteiger partial charge in [-0.25, -0.2) is 4.98 Å². The number of halogens is 4. The number of aromatic nitrogens is 1. The Kier molecular flexibility index (Phi) is 2.94. The van der Waals surface area contributed by atoms with Crippen molar-refractivity contribution in [3.05, 3.63) is 22.8 Å². The minimum absolute atomic E-state index is 0.220. The molecule has 1 aromatic heterocycles. The summed E-state index contributed by atoms with van der Waals surface area (Å²) < 4.78 is -1.58. The molecule has 0 aromatic carbocycles. The van der Waals surface area contributed by atoms with E-state index in [0.717, 1.165) is 0 Å². The zero-order chi connectivity index (χ0) is 9.35. The van der Waals surface area contributed by atoms with E-state index < -0.39 is 3.79 Å². The summed E-state index contributed by atoms with van der Waals surface area (Å²) in [6, 6.07) is 2.92. The number of anilines is 1. The molecular weight excluding hydrogens is 242 g/mol. The summed E-state index contributed by atoms with van der Waals surface area (Å²) in [6.07, 6.45) is 0. The van der Waals surface area contributed by atoms with Crippen LogP contribution in [0.1, 0.15) is 5.69 Å². The number of rotatable bonds is 0. The van der Waals surface area contributed by atoms with E-state index in [-0.39, 0.29) is 11.5 Å². The van der Waals surface area contributed by atoms with Crippen LogP contribution in [0.15, 0.2) is 12.1 Å². The third-order valence-electron chi connectivity index (χ3n) is 1.10. The molecule has 1 heterocycles. The Bertz CT molecular complexity index is 274. The molecular formula is C6H4Cl4N2. The molecule has 2 nitrogen and oxygen atoms in total. The number of alkyl halides is 3. The molecule has 0 aliphatic rings. The van der Waals surface area contributed by atoms with Gasteiger partial charge in [-0.3, -0.25) is 0 Å². The molecule has 12 heavy (non-hydrogen) atoms. The van der Waals surface area contributed by atoms with E-state index in [2.05, 4.69) is 4.98 Å². The maximum absolute atomic E-state index is 5.66. The minimum Gasteiger partial charge on any atom is -0.384 e. The summed E-state index contributed by atoms with van der Waals surface area (Å²) in [6.45, 7) is 0. The monoisotopic (exact) mass is 244 g/mol. The predicted molar refractivity (Wildman–Crippen MR) is 52.9 cm³/mol. The van der Waals surface area contributed by atoms with Gasteiger partial charge >= 0.3 is 0 Å². The van der Waals surface area contributed by atoms with Crippen LogP contribution >= 0.6 is 46.4 Å². The summed E-state index contributed by atoms with van der Waals surface area (Å²) in [5.41, 5.74) is 5.60. The summed E-state index contributed by atoms with van der Waals surface area (Å²) in [4.78, 5) is 3.80. The highest BCUT2D eigenvalue weighted by atomic mass is 35.6. The van der Waals surface area contributed by atoms with Crippen molar-refractivity contribution >= 4 is 52.2 Å². The van der Waals surface area contributed by atoms with Crippen LogP contribution in [0.25, 0.3) is 0 Å². The third kappa shape index (κ3) is 2.56. The average Bonchev–Trinajstić information content (AvgIpc) is 1.82. The Labute approximate surface area is 89.6 Å². The zero-order valence-electron chi connectivity index (χ0n) is 5.69. The maximum Gasteiger partial charge on any atom is 0.232 e. The Balaban J connectivity index is 3.18. The molecule has 0 spiro atoms. The lowest BCUT2D eigenvalue weighted by Gasteiger charge is -2.10. The van der Waals surface area contributed by atoms with Crippen LogP contribution in [0.3, 0.4) is 0 Å². The van der Waals surface area contributed by atoms with Crippen molar-refractivity contribution in [3.63, 3.8) is 0 Å². The molecule has 1 rings (SSSR count). The first-order valence-electron chi connectivity index (χ1n) is 2.90. The Morgan fingerprint density at radius 2 is 1.83 bits per heavy atom. The van der Waals surface area contributed by atoms with Gasteiger partial charge in [0.15, 0.2) is 0 Å². The van der Waals surface area contributed by atoms with Gasteiger partial charge in [-0.15, -0.1) is 0 Å². The smallest absolute Gasteiger partial charge is 0.232 e. The molecule has 0 aliphatic heterocycles. The van der Waals surface area contributed by atoms with E-state index in [1.165, 1.54) is 12.1 Å². The lowest BCUT2D eigenvalue weighted by atomic mass is 10.3. The quantitative estimate of drug-likeness (QED) is 0.714. The van der Waals surface area contributed by atoms with E-state index in [1.807, 2.05) is 0 Å². The molecule has 0 unspecified atom stereocenters. The van der Waals surface area contributed by atoms with Gasteiger partial charge in [0.1, 0.15) is 5.82 Å². The molecule has 66 valence electrons. The topological polar surface area (TPSA) is 38.9 Å². The number of nitrogens with two attached hydrogens (primary N) is 1. The van der Waals surface area contributed by atoms with Crippen molar-refractivity contribution in [1.82, 2.24) is 4.98 Å². The summed E-state index contributed by atoms with van der Waals surface area (Å²) >= 11 is 22.3. The molecule has 0 radical (unpaired) electrons. The van der Waals surface area contributed by atoms with Crippen molar-refractivity contribution in [1.29, 1.82) is 0 Å². The Morgan fingerprint density at radius 1 is 1.25 bits per heavy atom. The van der Waals surface area contributed by atoms with Crippen LogP contribution in [0.5, 0.6) is 0 Å². The first kappa shape index (κ1) is 10.2. The van der Waals surface area contributed by atoms with Gasteiger partial charge in [-0.05, 0) is 12.1 Å². The molecule has 2 N–H and O–H groups in total. The van der Waals surface area contributed by atoms with Crippen LogP contribution in [0, 0.1) is 0 Å². The second kappa shape index (κ2) is 3.46. The minimum atomic E-state index is -1.58. The van der Waals surface area contributed by atoms with Crippen LogP contribution in [0.2, 0.25) is 5.02 Å². The van der Waals surface area contributed by atoms with Gasteiger partial charge in [0.05, 0.1) is 5.69 Å². The van der Waals surface area contributed by atoms with E-state index >= 15 is 0 Å². The van der Waals surface area contributed by atoms with E-state index in [9.17, 15) is 0 Å². The summed E-state index contributed by atoms with van der Waals surface area (Å²) in [5.74, 6) is 0.226. The highest BCUT2D eigenvalue weighted by molar-refractivity contribution is 6.66. The predicted octanol–water partition coefficient (Wildman–Crippen LogP) is 3.14. The highest BCUT2D eigenvalue weighted by Gasteiger charge is 2.25. The number of nitrogen functional groups attached to an aromatic ring is 1. The van der Waals surface area contributed by atoms with Crippen LogP contribution in [-0.4, -0.2) is 4.98 Å². The van der Waals surface area contributed by atoms with Gasteiger partial charge < -0.3 is 5.73 Å². The molecule has 0 saturated carbocycles. The van der Waals surface area contributed by atoms with Crippen molar-refractivity contribution in [2.24, 2.45) is 0 Å². The number of hydrogen-bond donors (Lipinski definition) is 1. The third-order valence-corrected chi connectivity index (χ3v) is 1.90. The van der Waals surface area contributed by atoms with Gasteiger partial charge in [0.2, 0.25) is 3.79 Å². The first-order valence-corrected chi connectivity index (χ1v) is 4.41. The molecule has 0 amide bonds. The lowest BCUT2D eigenvalue weighted by molar-refractivity contribution is 1.09. The largest absolute Gasteiger partial charge is 0.384 e. The molecule has 0 fully saturated rings. The summed E-state index contributed by atoms with van der Waals surface area (Å²) in [7, 11) is 0. The Morgan fingerprint density at radius 3 is 2.25 bits per heavy atom. The number of nitrogens with zero attached hydrogens (tertiary/aromatic N) is 1. The SMILES string of the molecule is Nc1cc(Cl)cc(C(Cl)(Cl)Cl)n1. The molecule has 0 aliphatic carbocycles.